The van der Waals surface area contributed by atoms with Crippen molar-refractivity contribution in [1.82, 2.24) is 20.8 Å². The summed E-state index contributed by atoms with van der Waals surface area (Å²) in [6, 6.07) is 3.82. The van der Waals surface area contributed by atoms with Gasteiger partial charge in [-0.25, -0.2) is 9.98 Å². The number of nitrogens with zero attached hydrogens (tertiary/aromatic N) is 3. The summed E-state index contributed by atoms with van der Waals surface area (Å²) in [5.41, 5.74) is 3.16. The molecule has 0 fully saturated rings. The maximum atomic E-state index is 5.41. The normalized spacial score (nSPS) is 11.4. The summed E-state index contributed by atoms with van der Waals surface area (Å²) in [5, 5.41) is 10.8. The first-order chi connectivity index (χ1) is 12.2. The monoisotopic (exact) mass is 345 g/mol. The number of hydrogen-bond donors (Lipinski definition) is 2. The highest BCUT2D eigenvalue weighted by Gasteiger charge is 2.13. The molecule has 7 heteroatoms. The lowest BCUT2D eigenvalue weighted by molar-refractivity contribution is 0.380. The molecule has 0 atom stereocenters. The van der Waals surface area contributed by atoms with Crippen LogP contribution in [0.4, 0.5) is 0 Å². The maximum Gasteiger partial charge on any atom is 0.213 e. The zero-order valence-corrected chi connectivity index (χ0v) is 15.4. The van der Waals surface area contributed by atoms with Crippen molar-refractivity contribution < 1.29 is 9.26 Å². The van der Waals surface area contributed by atoms with E-state index in [0.717, 1.165) is 47.9 Å². The van der Waals surface area contributed by atoms with Gasteiger partial charge in [-0.05, 0) is 25.0 Å². The lowest BCUT2D eigenvalue weighted by atomic mass is 10.1. The van der Waals surface area contributed by atoms with E-state index in [-0.39, 0.29) is 0 Å². The third kappa shape index (κ3) is 5.20. The van der Waals surface area contributed by atoms with Crippen LogP contribution in [0.1, 0.15) is 43.4 Å². The van der Waals surface area contributed by atoms with E-state index >= 15 is 0 Å². The van der Waals surface area contributed by atoms with Crippen LogP contribution in [0, 0.1) is 0 Å². The van der Waals surface area contributed by atoms with Crippen LogP contribution >= 0.6 is 0 Å². The molecule has 0 unspecified atom stereocenters. The standard InChI is InChI=1S/C18H27N5O2/c1-5-15-14(16(6-2)25-23-15)12-22-18(19-7-3)21-11-13-8-9-20-17(10-13)24-4/h8-10H,5-7,11-12H2,1-4H3,(H2,19,21,22). The van der Waals surface area contributed by atoms with Crippen LogP contribution in [0.2, 0.25) is 0 Å². The zero-order chi connectivity index (χ0) is 18.1. The topological polar surface area (TPSA) is 84.6 Å². The first kappa shape index (κ1) is 18.8. The Bertz CT molecular complexity index is 675. The Morgan fingerprint density at radius 3 is 2.76 bits per heavy atom. The van der Waals surface area contributed by atoms with E-state index in [1.54, 1.807) is 13.3 Å². The van der Waals surface area contributed by atoms with Crippen molar-refractivity contribution in [3.8, 4) is 5.88 Å². The van der Waals surface area contributed by atoms with E-state index in [4.69, 9.17) is 9.26 Å². The Balaban J connectivity index is 2.06. The highest BCUT2D eigenvalue weighted by Crippen LogP contribution is 2.15. The molecule has 2 N–H and O–H groups in total. The van der Waals surface area contributed by atoms with Crippen LogP contribution < -0.4 is 15.4 Å². The summed E-state index contributed by atoms with van der Waals surface area (Å²) in [6.07, 6.45) is 3.40. The lowest BCUT2D eigenvalue weighted by Gasteiger charge is -2.12. The minimum Gasteiger partial charge on any atom is -0.481 e. The quantitative estimate of drug-likeness (QED) is 0.565. The summed E-state index contributed by atoms with van der Waals surface area (Å²) < 4.78 is 10.6. The molecule has 2 rings (SSSR count). The van der Waals surface area contributed by atoms with Crippen molar-refractivity contribution in [3.05, 3.63) is 40.9 Å². The van der Waals surface area contributed by atoms with Crippen LogP contribution in [-0.4, -0.2) is 29.8 Å². The number of aryl methyl sites for hydroxylation is 2. The molecule has 0 amide bonds. The molecule has 2 aromatic heterocycles. The van der Waals surface area contributed by atoms with Crippen molar-refractivity contribution in [3.63, 3.8) is 0 Å². The van der Waals surface area contributed by atoms with Crippen molar-refractivity contribution in [2.75, 3.05) is 13.7 Å². The molecule has 25 heavy (non-hydrogen) atoms. The minimum atomic E-state index is 0.541. The van der Waals surface area contributed by atoms with E-state index in [1.807, 2.05) is 19.1 Å². The molecule has 7 nitrogen and oxygen atoms in total. The summed E-state index contributed by atoms with van der Waals surface area (Å²) in [7, 11) is 1.61. The Kier molecular flexibility index (Phi) is 7.25. The number of guanidine groups is 1. The van der Waals surface area contributed by atoms with Crippen LogP contribution in [0.3, 0.4) is 0 Å². The van der Waals surface area contributed by atoms with Gasteiger partial charge in [0.15, 0.2) is 5.96 Å². The van der Waals surface area contributed by atoms with Crippen LogP contribution in [0.15, 0.2) is 27.8 Å². The van der Waals surface area contributed by atoms with E-state index in [9.17, 15) is 0 Å². The fourth-order valence-corrected chi connectivity index (χ4v) is 2.48. The molecule has 0 bridgehead atoms. The molecule has 0 aliphatic heterocycles. The lowest BCUT2D eigenvalue weighted by Crippen LogP contribution is -2.37. The van der Waals surface area contributed by atoms with E-state index in [2.05, 4.69) is 39.6 Å². The number of hydrogen-bond acceptors (Lipinski definition) is 5. The van der Waals surface area contributed by atoms with Gasteiger partial charge in [0.25, 0.3) is 0 Å². The zero-order valence-electron chi connectivity index (χ0n) is 15.4. The maximum absolute atomic E-state index is 5.41. The van der Waals surface area contributed by atoms with Crippen molar-refractivity contribution in [1.29, 1.82) is 0 Å². The summed E-state index contributed by atoms with van der Waals surface area (Å²) in [4.78, 5) is 8.74. The van der Waals surface area contributed by atoms with E-state index in [0.29, 0.717) is 19.0 Å². The molecule has 2 aromatic rings. The minimum absolute atomic E-state index is 0.541. The Hall–Kier alpha value is -2.57. The van der Waals surface area contributed by atoms with Gasteiger partial charge in [0.05, 0.1) is 19.3 Å². The SMILES string of the molecule is CCNC(=NCc1ccnc(OC)c1)NCc1c(CC)noc1CC. The average Bonchev–Trinajstić information content (AvgIpc) is 3.06. The van der Waals surface area contributed by atoms with Gasteiger partial charge in [0.1, 0.15) is 5.76 Å². The van der Waals surface area contributed by atoms with Crippen LogP contribution in [0.5, 0.6) is 5.88 Å². The molecule has 2 heterocycles. The molecule has 136 valence electrons. The number of nitrogens with one attached hydrogen (secondary N) is 2. The number of aromatic nitrogens is 2. The van der Waals surface area contributed by atoms with E-state index in [1.165, 1.54) is 0 Å². The number of ether oxygens (including phenoxy) is 1. The average molecular weight is 345 g/mol. The van der Waals surface area contributed by atoms with Gasteiger partial charge < -0.3 is 19.9 Å². The fourth-order valence-electron chi connectivity index (χ4n) is 2.48. The predicted molar refractivity (Wildman–Crippen MR) is 97.7 cm³/mol. The Labute approximate surface area is 148 Å². The first-order valence-corrected chi connectivity index (χ1v) is 8.69. The molecule has 0 aromatic carbocycles. The summed E-state index contributed by atoms with van der Waals surface area (Å²) >= 11 is 0. The third-order valence-electron chi connectivity index (χ3n) is 3.81. The molecule has 0 saturated carbocycles. The number of methoxy groups -OCH3 is 1. The third-order valence-corrected chi connectivity index (χ3v) is 3.81. The van der Waals surface area contributed by atoms with Gasteiger partial charge >= 0.3 is 0 Å². The van der Waals surface area contributed by atoms with Crippen LogP contribution in [0.25, 0.3) is 0 Å². The fraction of sp³-hybridized carbons (Fsp3) is 0.500. The number of rotatable bonds is 8. The van der Waals surface area contributed by atoms with Gasteiger partial charge in [-0.1, -0.05) is 19.0 Å². The van der Waals surface area contributed by atoms with Gasteiger partial charge in [0.2, 0.25) is 5.88 Å². The second-order valence-electron chi connectivity index (χ2n) is 5.49. The molecular weight excluding hydrogens is 318 g/mol. The van der Waals surface area contributed by atoms with E-state index < -0.39 is 0 Å². The Morgan fingerprint density at radius 2 is 2.08 bits per heavy atom. The van der Waals surface area contributed by atoms with Gasteiger partial charge in [0, 0.05) is 37.3 Å². The highest BCUT2D eigenvalue weighted by molar-refractivity contribution is 5.79. The second kappa shape index (κ2) is 9.66. The molecule has 0 radical (unpaired) electrons. The number of pyridine rings is 1. The predicted octanol–water partition coefficient (Wildman–Crippen LogP) is 2.46. The number of aliphatic imine (C=N–C) groups is 1. The highest BCUT2D eigenvalue weighted by atomic mass is 16.5. The summed E-state index contributed by atoms with van der Waals surface area (Å²) in [5.74, 6) is 2.28. The largest absolute Gasteiger partial charge is 0.481 e. The van der Waals surface area contributed by atoms with Crippen molar-refractivity contribution in [2.24, 2.45) is 4.99 Å². The van der Waals surface area contributed by atoms with Crippen molar-refractivity contribution in [2.45, 2.75) is 46.7 Å². The molecule has 0 aliphatic carbocycles. The van der Waals surface area contributed by atoms with Gasteiger partial charge in [-0.3, -0.25) is 0 Å². The molecule has 0 aliphatic rings. The van der Waals surface area contributed by atoms with Gasteiger partial charge in [-0.2, -0.15) is 0 Å². The van der Waals surface area contributed by atoms with Gasteiger partial charge in [-0.15, -0.1) is 0 Å². The summed E-state index contributed by atoms with van der Waals surface area (Å²) in [6.45, 7) is 8.16. The van der Waals surface area contributed by atoms with Crippen molar-refractivity contribution >= 4 is 5.96 Å². The molecular formula is C18H27N5O2. The smallest absolute Gasteiger partial charge is 0.213 e. The Morgan fingerprint density at radius 1 is 1.24 bits per heavy atom. The second-order valence-corrected chi connectivity index (χ2v) is 5.49. The van der Waals surface area contributed by atoms with Crippen LogP contribution in [-0.2, 0) is 25.9 Å². The molecule has 0 spiro atoms. The molecule has 0 saturated heterocycles. The first-order valence-electron chi connectivity index (χ1n) is 8.69.